The summed E-state index contributed by atoms with van der Waals surface area (Å²) in [5.41, 5.74) is 0. The number of alkyl halides is 1. The number of carbonyl (C=O) groups is 1. The molecule has 1 aliphatic rings. The number of esters is 1. The van der Waals surface area contributed by atoms with Crippen LogP contribution in [0.1, 0.15) is 71.1 Å². The maximum atomic E-state index is 12.1. The molecular formula is C20H31IO2. The van der Waals surface area contributed by atoms with Gasteiger partial charge in [-0.15, -0.1) is 0 Å². The van der Waals surface area contributed by atoms with E-state index in [1.165, 1.54) is 12.8 Å². The monoisotopic (exact) mass is 430 g/mol. The van der Waals surface area contributed by atoms with E-state index >= 15 is 0 Å². The highest BCUT2D eigenvalue weighted by molar-refractivity contribution is 14.1. The van der Waals surface area contributed by atoms with E-state index in [0.717, 1.165) is 44.9 Å². The fourth-order valence-electron chi connectivity index (χ4n) is 2.54. The van der Waals surface area contributed by atoms with Gasteiger partial charge in [0.15, 0.2) is 0 Å². The highest BCUT2D eigenvalue weighted by Crippen LogP contribution is 2.22. The van der Waals surface area contributed by atoms with Gasteiger partial charge < -0.3 is 4.74 Å². The second kappa shape index (κ2) is 13.8. The van der Waals surface area contributed by atoms with E-state index in [-0.39, 0.29) is 12.1 Å². The largest absolute Gasteiger partial charge is 0.461 e. The summed E-state index contributed by atoms with van der Waals surface area (Å²) < 4.78 is 6.15. The van der Waals surface area contributed by atoms with Crippen molar-refractivity contribution in [3.05, 3.63) is 36.5 Å². The average Bonchev–Trinajstić information content (AvgIpc) is 2.54. The summed E-state index contributed by atoms with van der Waals surface area (Å²) in [6.07, 6.45) is 23.1. The first-order valence-electron chi connectivity index (χ1n) is 9.02. The second-order valence-corrected chi connectivity index (χ2v) is 7.65. The predicted octanol–water partition coefficient (Wildman–Crippen LogP) is 6.30. The van der Waals surface area contributed by atoms with Gasteiger partial charge in [0.2, 0.25) is 0 Å². The van der Waals surface area contributed by atoms with Gasteiger partial charge in [-0.05, 0) is 44.9 Å². The standard InChI is InChI=1S/C20H31IO2/c1-2-3-12-16-19-18(21)15-13-10-8-6-4-5-7-9-11-14-17-20(22)23-19/h4,6-7,9-10,13,18-19H,2-3,5,8,11-12,14-17H2,1H3/b6-4-,9-7-,13-10-. The molecule has 3 heteroatoms. The smallest absolute Gasteiger partial charge is 0.306 e. The average molecular weight is 430 g/mol. The number of ether oxygens (including phenoxy) is 1. The van der Waals surface area contributed by atoms with E-state index in [2.05, 4.69) is 66.0 Å². The summed E-state index contributed by atoms with van der Waals surface area (Å²) in [4.78, 5) is 12.1. The minimum Gasteiger partial charge on any atom is -0.461 e. The van der Waals surface area contributed by atoms with Crippen LogP contribution >= 0.6 is 22.6 Å². The summed E-state index contributed by atoms with van der Waals surface area (Å²) in [6, 6.07) is 0. The fraction of sp³-hybridized carbons (Fsp3) is 0.650. The summed E-state index contributed by atoms with van der Waals surface area (Å²) in [5.74, 6) is -0.0301. The van der Waals surface area contributed by atoms with E-state index in [0.29, 0.717) is 10.3 Å². The Morgan fingerprint density at radius 3 is 2.52 bits per heavy atom. The molecule has 0 amide bonds. The second-order valence-electron chi connectivity index (χ2n) is 6.05. The van der Waals surface area contributed by atoms with Crippen molar-refractivity contribution in [2.24, 2.45) is 0 Å². The Kier molecular flexibility index (Phi) is 12.3. The van der Waals surface area contributed by atoms with Gasteiger partial charge in [0.05, 0.1) is 3.92 Å². The van der Waals surface area contributed by atoms with Gasteiger partial charge in [-0.1, -0.05) is 78.8 Å². The molecule has 0 aliphatic carbocycles. The lowest BCUT2D eigenvalue weighted by atomic mass is 10.1. The van der Waals surface area contributed by atoms with Gasteiger partial charge in [-0.2, -0.15) is 0 Å². The molecule has 0 fully saturated rings. The summed E-state index contributed by atoms with van der Waals surface area (Å²) in [7, 11) is 0. The van der Waals surface area contributed by atoms with E-state index in [1.807, 2.05) is 0 Å². The number of hydrogen-bond donors (Lipinski definition) is 0. The van der Waals surface area contributed by atoms with Crippen molar-refractivity contribution < 1.29 is 9.53 Å². The minimum absolute atomic E-state index is 0.0301. The van der Waals surface area contributed by atoms with E-state index in [9.17, 15) is 4.79 Å². The van der Waals surface area contributed by atoms with Crippen LogP contribution in [-0.2, 0) is 9.53 Å². The Morgan fingerprint density at radius 1 is 1.09 bits per heavy atom. The van der Waals surface area contributed by atoms with Crippen molar-refractivity contribution in [2.45, 2.75) is 81.2 Å². The van der Waals surface area contributed by atoms with E-state index in [4.69, 9.17) is 4.74 Å². The molecule has 0 aromatic heterocycles. The quantitative estimate of drug-likeness (QED) is 0.172. The number of allylic oxidation sites excluding steroid dienone is 6. The SMILES string of the molecule is CCCCCC1OC(=O)CCC/C=C\C/C=C\C/C=C\CC1I. The molecule has 0 aromatic rings. The van der Waals surface area contributed by atoms with Crippen LogP contribution in [0.3, 0.4) is 0 Å². The Balaban J connectivity index is 2.61. The third-order valence-corrected chi connectivity index (χ3v) is 5.25. The van der Waals surface area contributed by atoms with Crippen LogP contribution in [-0.4, -0.2) is 16.0 Å². The zero-order valence-corrected chi connectivity index (χ0v) is 16.5. The summed E-state index contributed by atoms with van der Waals surface area (Å²) in [6.45, 7) is 2.20. The first-order chi connectivity index (χ1) is 11.2. The molecule has 2 nitrogen and oxygen atoms in total. The van der Waals surface area contributed by atoms with Crippen molar-refractivity contribution in [1.82, 2.24) is 0 Å². The van der Waals surface area contributed by atoms with Crippen LogP contribution in [0.5, 0.6) is 0 Å². The molecule has 0 N–H and O–H groups in total. The van der Waals surface area contributed by atoms with E-state index < -0.39 is 0 Å². The van der Waals surface area contributed by atoms with Gasteiger partial charge >= 0.3 is 5.97 Å². The topological polar surface area (TPSA) is 26.3 Å². The molecule has 0 spiro atoms. The predicted molar refractivity (Wildman–Crippen MR) is 107 cm³/mol. The van der Waals surface area contributed by atoms with Gasteiger partial charge in [0.1, 0.15) is 6.10 Å². The van der Waals surface area contributed by atoms with Gasteiger partial charge in [-0.3, -0.25) is 4.79 Å². The highest BCUT2D eigenvalue weighted by Gasteiger charge is 2.21. The van der Waals surface area contributed by atoms with Crippen LogP contribution in [0.4, 0.5) is 0 Å². The number of unbranched alkanes of at least 4 members (excludes halogenated alkanes) is 2. The molecule has 2 unspecified atom stereocenters. The molecule has 0 saturated heterocycles. The van der Waals surface area contributed by atoms with Crippen LogP contribution in [0.2, 0.25) is 0 Å². The molecule has 130 valence electrons. The number of cyclic esters (lactones) is 1. The van der Waals surface area contributed by atoms with Crippen LogP contribution in [0, 0.1) is 0 Å². The summed E-state index contributed by atoms with van der Waals surface area (Å²) in [5, 5.41) is 0. The third-order valence-electron chi connectivity index (χ3n) is 3.94. The lowest BCUT2D eigenvalue weighted by Gasteiger charge is -2.22. The fourth-order valence-corrected chi connectivity index (χ4v) is 3.34. The van der Waals surface area contributed by atoms with Crippen molar-refractivity contribution >= 4 is 28.6 Å². The Bertz CT molecular complexity index is 398. The molecule has 1 rings (SSSR count). The molecule has 0 radical (unpaired) electrons. The molecular weight excluding hydrogens is 399 g/mol. The minimum atomic E-state index is -0.0301. The van der Waals surface area contributed by atoms with Crippen molar-refractivity contribution in [3.8, 4) is 0 Å². The lowest BCUT2D eigenvalue weighted by Crippen LogP contribution is -2.27. The van der Waals surface area contributed by atoms with Crippen LogP contribution in [0.25, 0.3) is 0 Å². The summed E-state index contributed by atoms with van der Waals surface area (Å²) >= 11 is 2.45. The first-order valence-corrected chi connectivity index (χ1v) is 10.3. The third kappa shape index (κ3) is 10.7. The van der Waals surface area contributed by atoms with Crippen LogP contribution in [0.15, 0.2) is 36.5 Å². The van der Waals surface area contributed by atoms with Crippen molar-refractivity contribution in [3.63, 3.8) is 0 Å². The number of carbonyl (C=O) groups excluding carboxylic acids is 1. The molecule has 1 aliphatic heterocycles. The number of rotatable bonds is 4. The normalized spacial score (nSPS) is 28.7. The molecule has 0 saturated carbocycles. The van der Waals surface area contributed by atoms with Gasteiger partial charge in [0.25, 0.3) is 0 Å². The number of hydrogen-bond acceptors (Lipinski definition) is 2. The maximum absolute atomic E-state index is 12.1. The Hall–Kier alpha value is -0.580. The molecule has 2 atom stereocenters. The first kappa shape index (κ1) is 20.5. The highest BCUT2D eigenvalue weighted by atomic mass is 127. The molecule has 0 bridgehead atoms. The Morgan fingerprint density at radius 2 is 1.78 bits per heavy atom. The van der Waals surface area contributed by atoms with Crippen molar-refractivity contribution in [1.29, 1.82) is 0 Å². The van der Waals surface area contributed by atoms with E-state index in [1.54, 1.807) is 0 Å². The Labute approximate surface area is 155 Å². The molecule has 0 aromatic carbocycles. The maximum Gasteiger partial charge on any atom is 0.306 e. The van der Waals surface area contributed by atoms with Gasteiger partial charge in [-0.25, -0.2) is 0 Å². The van der Waals surface area contributed by atoms with Crippen molar-refractivity contribution in [2.75, 3.05) is 0 Å². The number of halogens is 1. The zero-order valence-electron chi connectivity index (χ0n) is 14.4. The molecule has 1 heterocycles. The molecule has 23 heavy (non-hydrogen) atoms. The lowest BCUT2D eigenvalue weighted by molar-refractivity contribution is -0.149. The van der Waals surface area contributed by atoms with Crippen LogP contribution < -0.4 is 0 Å². The zero-order chi connectivity index (χ0) is 16.8. The van der Waals surface area contributed by atoms with Gasteiger partial charge in [0, 0.05) is 6.42 Å².